The smallest absolute Gasteiger partial charge is 0.0771 e. The molecule has 0 atom stereocenters. The second-order valence-corrected chi connectivity index (χ2v) is 7.19. The van der Waals surface area contributed by atoms with Crippen LogP contribution in [0, 0.1) is 0 Å². The van der Waals surface area contributed by atoms with Crippen molar-refractivity contribution < 1.29 is 9.84 Å². The summed E-state index contributed by atoms with van der Waals surface area (Å²) in [4.78, 5) is 0. The monoisotopic (exact) mass is 255 g/mol. The molecule has 0 aromatic heterocycles. The average molecular weight is 255 g/mol. The summed E-state index contributed by atoms with van der Waals surface area (Å²) < 4.78 is 5.92. The van der Waals surface area contributed by atoms with Crippen LogP contribution >= 0.6 is 0 Å². The minimum atomic E-state index is -0.436. The average Bonchev–Trinajstić information content (AvgIpc) is 2.21. The summed E-state index contributed by atoms with van der Waals surface area (Å²) in [6.45, 7) is 7.09. The van der Waals surface area contributed by atoms with Crippen LogP contribution < -0.4 is 5.32 Å². The standard InChI is InChI=1S/C15H29NO2/c1-14(2,3)18-13-9-12(10-13)16-11-15(17)7-5-4-6-8-15/h12-13,16-17H,4-11H2,1-3H3. The van der Waals surface area contributed by atoms with Gasteiger partial charge in [-0.3, -0.25) is 0 Å². The molecule has 0 aromatic carbocycles. The predicted octanol–water partition coefficient (Wildman–Crippen LogP) is 2.62. The van der Waals surface area contributed by atoms with Gasteiger partial charge in [-0.25, -0.2) is 0 Å². The Kier molecular flexibility index (Phi) is 4.35. The molecule has 0 heterocycles. The second-order valence-electron chi connectivity index (χ2n) is 7.19. The van der Waals surface area contributed by atoms with E-state index in [1.54, 1.807) is 0 Å². The van der Waals surface area contributed by atoms with Crippen molar-refractivity contribution in [2.75, 3.05) is 6.54 Å². The fourth-order valence-corrected chi connectivity index (χ4v) is 3.05. The quantitative estimate of drug-likeness (QED) is 0.811. The van der Waals surface area contributed by atoms with Crippen molar-refractivity contribution >= 4 is 0 Å². The van der Waals surface area contributed by atoms with Crippen molar-refractivity contribution in [1.82, 2.24) is 5.32 Å². The van der Waals surface area contributed by atoms with Gasteiger partial charge in [0.15, 0.2) is 0 Å². The van der Waals surface area contributed by atoms with Gasteiger partial charge < -0.3 is 15.2 Å². The molecule has 0 bridgehead atoms. The van der Waals surface area contributed by atoms with Crippen LogP contribution in [0.3, 0.4) is 0 Å². The first-order valence-electron chi connectivity index (χ1n) is 7.50. The van der Waals surface area contributed by atoms with Crippen LogP contribution in [0.15, 0.2) is 0 Å². The van der Waals surface area contributed by atoms with Crippen LogP contribution in [0.4, 0.5) is 0 Å². The lowest BCUT2D eigenvalue weighted by Crippen LogP contribution is -2.52. The van der Waals surface area contributed by atoms with E-state index < -0.39 is 5.60 Å². The number of hydrogen-bond donors (Lipinski definition) is 2. The zero-order valence-corrected chi connectivity index (χ0v) is 12.2. The molecular formula is C15H29NO2. The highest BCUT2D eigenvalue weighted by Gasteiger charge is 2.35. The maximum atomic E-state index is 10.4. The Labute approximate surface area is 111 Å². The molecule has 0 unspecified atom stereocenters. The number of hydrogen-bond acceptors (Lipinski definition) is 3. The summed E-state index contributed by atoms with van der Waals surface area (Å²) in [6, 6.07) is 0.545. The van der Waals surface area contributed by atoms with Crippen LogP contribution in [0.5, 0.6) is 0 Å². The summed E-state index contributed by atoms with van der Waals surface area (Å²) >= 11 is 0. The summed E-state index contributed by atoms with van der Waals surface area (Å²) in [6.07, 6.45) is 8.16. The van der Waals surface area contributed by atoms with Gasteiger partial charge in [0.05, 0.1) is 17.3 Å². The summed E-state index contributed by atoms with van der Waals surface area (Å²) in [5, 5.41) is 13.9. The van der Waals surface area contributed by atoms with E-state index in [1.807, 2.05) is 0 Å². The molecule has 0 amide bonds. The summed E-state index contributed by atoms with van der Waals surface area (Å²) in [5.74, 6) is 0. The van der Waals surface area contributed by atoms with E-state index in [2.05, 4.69) is 26.1 Å². The minimum absolute atomic E-state index is 0.0305. The Morgan fingerprint density at radius 2 is 1.78 bits per heavy atom. The normalized spacial score (nSPS) is 32.0. The van der Waals surface area contributed by atoms with E-state index >= 15 is 0 Å². The highest BCUT2D eigenvalue weighted by molar-refractivity contribution is 4.91. The van der Waals surface area contributed by atoms with Crippen molar-refractivity contribution in [2.45, 2.75) is 89.1 Å². The molecule has 3 nitrogen and oxygen atoms in total. The maximum absolute atomic E-state index is 10.4. The third-order valence-corrected chi connectivity index (χ3v) is 4.12. The lowest BCUT2D eigenvalue weighted by atomic mass is 9.83. The molecule has 2 aliphatic rings. The van der Waals surface area contributed by atoms with Crippen LogP contribution in [0.25, 0.3) is 0 Å². The van der Waals surface area contributed by atoms with Crippen molar-refractivity contribution in [1.29, 1.82) is 0 Å². The first-order chi connectivity index (χ1) is 8.36. The van der Waals surface area contributed by atoms with Gasteiger partial charge in [-0.2, -0.15) is 0 Å². The Morgan fingerprint density at radius 1 is 1.17 bits per heavy atom. The number of nitrogens with one attached hydrogen (secondary N) is 1. The van der Waals surface area contributed by atoms with Gasteiger partial charge in [0.1, 0.15) is 0 Å². The molecular weight excluding hydrogens is 226 g/mol. The van der Waals surface area contributed by atoms with Crippen LogP contribution in [-0.4, -0.2) is 35.0 Å². The fraction of sp³-hybridized carbons (Fsp3) is 1.00. The third kappa shape index (κ3) is 4.22. The van der Waals surface area contributed by atoms with E-state index in [0.29, 0.717) is 12.1 Å². The molecule has 0 aromatic rings. The molecule has 0 saturated heterocycles. The molecule has 2 aliphatic carbocycles. The van der Waals surface area contributed by atoms with Crippen molar-refractivity contribution in [3.63, 3.8) is 0 Å². The molecule has 0 spiro atoms. The van der Waals surface area contributed by atoms with Gasteiger partial charge in [0.2, 0.25) is 0 Å². The number of ether oxygens (including phenoxy) is 1. The van der Waals surface area contributed by atoms with Gasteiger partial charge in [0.25, 0.3) is 0 Å². The Morgan fingerprint density at radius 3 is 2.33 bits per heavy atom. The molecule has 18 heavy (non-hydrogen) atoms. The highest BCUT2D eigenvalue weighted by atomic mass is 16.5. The first-order valence-corrected chi connectivity index (χ1v) is 7.50. The molecule has 2 rings (SSSR count). The van der Waals surface area contributed by atoms with Crippen molar-refractivity contribution in [2.24, 2.45) is 0 Å². The maximum Gasteiger partial charge on any atom is 0.0771 e. The lowest BCUT2D eigenvalue weighted by Gasteiger charge is -2.42. The van der Waals surface area contributed by atoms with Gasteiger partial charge in [-0.1, -0.05) is 19.3 Å². The molecule has 0 radical (unpaired) electrons. The van der Waals surface area contributed by atoms with Gasteiger partial charge >= 0.3 is 0 Å². The molecule has 0 aliphatic heterocycles. The molecule has 2 saturated carbocycles. The zero-order valence-electron chi connectivity index (χ0n) is 12.2. The fourth-order valence-electron chi connectivity index (χ4n) is 3.05. The predicted molar refractivity (Wildman–Crippen MR) is 73.7 cm³/mol. The minimum Gasteiger partial charge on any atom is -0.389 e. The van der Waals surface area contributed by atoms with Crippen molar-refractivity contribution in [3.05, 3.63) is 0 Å². The van der Waals surface area contributed by atoms with E-state index in [0.717, 1.165) is 32.2 Å². The molecule has 2 N–H and O–H groups in total. The Hall–Kier alpha value is -0.120. The summed E-state index contributed by atoms with van der Waals surface area (Å²) in [5.41, 5.74) is -0.467. The Bertz CT molecular complexity index is 260. The van der Waals surface area contributed by atoms with Gasteiger partial charge in [-0.05, 0) is 46.5 Å². The SMILES string of the molecule is CC(C)(C)OC1CC(NCC2(O)CCCCC2)C1. The molecule has 106 valence electrons. The highest BCUT2D eigenvalue weighted by Crippen LogP contribution is 2.30. The van der Waals surface area contributed by atoms with Gasteiger partial charge in [-0.15, -0.1) is 0 Å². The van der Waals surface area contributed by atoms with Gasteiger partial charge in [0, 0.05) is 12.6 Å². The second kappa shape index (κ2) is 5.48. The van der Waals surface area contributed by atoms with E-state index in [1.165, 1.54) is 19.3 Å². The van der Waals surface area contributed by atoms with E-state index in [4.69, 9.17) is 4.74 Å². The number of rotatable bonds is 4. The van der Waals surface area contributed by atoms with Crippen LogP contribution in [0.1, 0.15) is 65.7 Å². The largest absolute Gasteiger partial charge is 0.389 e. The number of aliphatic hydroxyl groups is 1. The molecule has 2 fully saturated rings. The van der Waals surface area contributed by atoms with E-state index in [9.17, 15) is 5.11 Å². The lowest BCUT2D eigenvalue weighted by molar-refractivity contribution is -0.105. The third-order valence-electron chi connectivity index (χ3n) is 4.12. The van der Waals surface area contributed by atoms with Crippen molar-refractivity contribution in [3.8, 4) is 0 Å². The van der Waals surface area contributed by atoms with E-state index in [-0.39, 0.29) is 5.60 Å². The summed E-state index contributed by atoms with van der Waals surface area (Å²) in [7, 11) is 0. The van der Waals surface area contributed by atoms with Crippen LogP contribution in [0.2, 0.25) is 0 Å². The van der Waals surface area contributed by atoms with Crippen LogP contribution in [-0.2, 0) is 4.74 Å². The zero-order chi connectivity index (χ0) is 13.2. The first kappa shape index (κ1) is 14.3. The molecule has 3 heteroatoms. The topological polar surface area (TPSA) is 41.5 Å². The Balaban J connectivity index is 1.62.